The van der Waals surface area contributed by atoms with Crippen molar-refractivity contribution in [3.63, 3.8) is 0 Å². The first-order valence-corrected chi connectivity index (χ1v) is 11.5. The van der Waals surface area contributed by atoms with E-state index in [2.05, 4.69) is 37.5 Å². The predicted molar refractivity (Wildman–Crippen MR) is 115 cm³/mol. The summed E-state index contributed by atoms with van der Waals surface area (Å²) in [6.45, 7) is 4.59. The van der Waals surface area contributed by atoms with E-state index in [0.29, 0.717) is 11.8 Å². The highest BCUT2D eigenvalue weighted by molar-refractivity contribution is 5.26. The van der Waals surface area contributed by atoms with Gasteiger partial charge >= 0.3 is 0 Å². The molecule has 0 radical (unpaired) electrons. The number of rotatable bonds is 6. The van der Waals surface area contributed by atoms with E-state index in [0.717, 1.165) is 11.8 Å². The molecular formula is C26H40. The Morgan fingerprint density at radius 2 is 1.00 bits per heavy atom. The highest BCUT2D eigenvalue weighted by Crippen LogP contribution is 2.32. The van der Waals surface area contributed by atoms with E-state index in [1.807, 2.05) is 12.2 Å². The maximum absolute atomic E-state index is 3.46. The molecule has 0 nitrogen and oxygen atoms in total. The Morgan fingerprint density at radius 3 is 1.35 bits per heavy atom. The summed E-state index contributed by atoms with van der Waals surface area (Å²) < 4.78 is 0. The highest BCUT2D eigenvalue weighted by atomic mass is 14.2. The minimum atomic E-state index is 0.629. The number of hydrogen-bond acceptors (Lipinski definition) is 0. The fraction of sp³-hybridized carbons (Fsp3) is 0.769. The van der Waals surface area contributed by atoms with Crippen LogP contribution in [0.25, 0.3) is 0 Å². The molecule has 0 spiro atoms. The van der Waals surface area contributed by atoms with Gasteiger partial charge in [-0.25, -0.2) is 0 Å². The molecule has 0 unspecified atom stereocenters. The first-order chi connectivity index (χ1) is 12.8. The van der Waals surface area contributed by atoms with Gasteiger partial charge in [-0.15, -0.1) is 0 Å². The number of unbranched alkanes of at least 4 members (excludes halogenated alkanes) is 2. The maximum atomic E-state index is 3.46. The van der Waals surface area contributed by atoms with Gasteiger partial charge in [0.15, 0.2) is 0 Å². The molecule has 0 N–H and O–H groups in total. The van der Waals surface area contributed by atoms with Crippen molar-refractivity contribution in [3.8, 4) is 23.7 Å². The molecule has 2 aliphatic rings. The third-order valence-corrected chi connectivity index (χ3v) is 6.45. The molecule has 0 aromatic carbocycles. The maximum Gasteiger partial charge on any atom is 0.0206 e. The SMILES string of the molecule is CCCCC1CCC(C#C/C=C/C#CC2CCC(CCCC)CC2)CC1. The summed E-state index contributed by atoms with van der Waals surface area (Å²) in [5.74, 6) is 16.6. The lowest BCUT2D eigenvalue weighted by Crippen LogP contribution is -2.13. The minimum absolute atomic E-state index is 0.629. The van der Waals surface area contributed by atoms with Crippen molar-refractivity contribution >= 4 is 0 Å². The van der Waals surface area contributed by atoms with Gasteiger partial charge in [0.2, 0.25) is 0 Å². The summed E-state index contributed by atoms with van der Waals surface area (Å²) in [5, 5.41) is 0. The van der Waals surface area contributed by atoms with Gasteiger partial charge in [0.1, 0.15) is 0 Å². The molecule has 0 aromatic heterocycles. The van der Waals surface area contributed by atoms with E-state index >= 15 is 0 Å². The van der Waals surface area contributed by atoms with Crippen LogP contribution in [0.2, 0.25) is 0 Å². The van der Waals surface area contributed by atoms with Crippen molar-refractivity contribution in [2.75, 3.05) is 0 Å². The van der Waals surface area contributed by atoms with Gasteiger partial charge in [0.25, 0.3) is 0 Å². The van der Waals surface area contributed by atoms with Crippen molar-refractivity contribution in [1.82, 2.24) is 0 Å². The Morgan fingerprint density at radius 1 is 0.615 bits per heavy atom. The van der Waals surface area contributed by atoms with Crippen LogP contribution in [0, 0.1) is 47.4 Å². The summed E-state index contributed by atoms with van der Waals surface area (Å²) in [5.41, 5.74) is 0. The molecule has 2 aliphatic carbocycles. The van der Waals surface area contributed by atoms with Crippen LogP contribution in [-0.4, -0.2) is 0 Å². The Hall–Kier alpha value is -1.14. The van der Waals surface area contributed by atoms with Gasteiger partial charge in [0.05, 0.1) is 0 Å². The van der Waals surface area contributed by atoms with Gasteiger partial charge in [-0.05, 0) is 75.4 Å². The zero-order valence-corrected chi connectivity index (χ0v) is 17.4. The number of allylic oxidation sites excluding steroid dienone is 2. The molecule has 0 saturated heterocycles. The summed E-state index contributed by atoms with van der Waals surface area (Å²) in [7, 11) is 0. The van der Waals surface area contributed by atoms with Gasteiger partial charge in [-0.2, -0.15) is 0 Å². The van der Waals surface area contributed by atoms with Crippen LogP contribution in [0.3, 0.4) is 0 Å². The lowest BCUT2D eigenvalue weighted by atomic mass is 9.80. The summed E-state index contributed by atoms with van der Waals surface area (Å²) in [6, 6.07) is 0. The van der Waals surface area contributed by atoms with Crippen LogP contribution >= 0.6 is 0 Å². The van der Waals surface area contributed by atoms with Gasteiger partial charge in [-0.3, -0.25) is 0 Å². The van der Waals surface area contributed by atoms with E-state index in [-0.39, 0.29) is 0 Å². The van der Waals surface area contributed by atoms with Gasteiger partial charge in [-0.1, -0.05) is 76.1 Å². The van der Waals surface area contributed by atoms with Crippen molar-refractivity contribution in [2.24, 2.45) is 23.7 Å². The van der Waals surface area contributed by atoms with Crippen LogP contribution in [0.15, 0.2) is 12.2 Å². The van der Waals surface area contributed by atoms with Crippen LogP contribution in [0.5, 0.6) is 0 Å². The second-order valence-electron chi connectivity index (χ2n) is 8.63. The first-order valence-electron chi connectivity index (χ1n) is 11.5. The topological polar surface area (TPSA) is 0 Å². The molecule has 26 heavy (non-hydrogen) atoms. The van der Waals surface area contributed by atoms with E-state index in [1.54, 1.807) is 0 Å². The molecular weight excluding hydrogens is 312 g/mol. The monoisotopic (exact) mass is 352 g/mol. The lowest BCUT2D eigenvalue weighted by Gasteiger charge is -2.25. The Labute approximate surface area is 163 Å². The molecule has 0 heteroatoms. The number of hydrogen-bond donors (Lipinski definition) is 0. The third-order valence-electron chi connectivity index (χ3n) is 6.45. The van der Waals surface area contributed by atoms with Crippen molar-refractivity contribution in [1.29, 1.82) is 0 Å². The van der Waals surface area contributed by atoms with E-state index in [1.165, 1.54) is 89.9 Å². The molecule has 2 saturated carbocycles. The fourth-order valence-corrected chi connectivity index (χ4v) is 4.59. The normalized spacial score (nSPS) is 28.8. The zero-order valence-electron chi connectivity index (χ0n) is 17.4. The summed E-state index contributed by atoms with van der Waals surface area (Å²) in [4.78, 5) is 0. The highest BCUT2D eigenvalue weighted by Gasteiger charge is 2.19. The van der Waals surface area contributed by atoms with Crippen LogP contribution in [0.4, 0.5) is 0 Å². The largest absolute Gasteiger partial charge is 0.0951 e. The average Bonchev–Trinajstić information content (AvgIpc) is 2.69. The molecule has 144 valence electrons. The van der Waals surface area contributed by atoms with Crippen LogP contribution in [0.1, 0.15) is 104 Å². The van der Waals surface area contributed by atoms with Crippen LogP contribution in [-0.2, 0) is 0 Å². The molecule has 0 aromatic rings. The fourth-order valence-electron chi connectivity index (χ4n) is 4.59. The van der Waals surface area contributed by atoms with Gasteiger partial charge < -0.3 is 0 Å². The van der Waals surface area contributed by atoms with E-state index in [9.17, 15) is 0 Å². The molecule has 2 rings (SSSR count). The van der Waals surface area contributed by atoms with E-state index in [4.69, 9.17) is 0 Å². The third kappa shape index (κ3) is 8.49. The second kappa shape index (κ2) is 13.1. The van der Waals surface area contributed by atoms with Crippen molar-refractivity contribution < 1.29 is 0 Å². The molecule has 2 fully saturated rings. The quantitative estimate of drug-likeness (QED) is 0.433. The zero-order chi connectivity index (χ0) is 18.5. The molecule has 0 bridgehead atoms. The molecule has 0 amide bonds. The molecule has 0 aliphatic heterocycles. The van der Waals surface area contributed by atoms with Crippen LogP contribution < -0.4 is 0 Å². The van der Waals surface area contributed by atoms with Crippen molar-refractivity contribution in [2.45, 2.75) is 104 Å². The standard InChI is InChI=1S/C26H40/c1-3-5-11-23-15-19-25(20-16-23)13-9-7-8-10-14-26-21-17-24(18-22-26)12-6-4-2/h7-8,23-26H,3-6,11-12,15-22H2,1-2H3/b8-7+. The Kier molecular flexibility index (Phi) is 10.7. The van der Waals surface area contributed by atoms with E-state index < -0.39 is 0 Å². The first kappa shape index (κ1) is 21.2. The van der Waals surface area contributed by atoms with Crippen molar-refractivity contribution in [3.05, 3.63) is 12.2 Å². The summed E-state index contributed by atoms with van der Waals surface area (Å²) in [6.07, 6.45) is 23.1. The summed E-state index contributed by atoms with van der Waals surface area (Å²) >= 11 is 0. The minimum Gasteiger partial charge on any atom is -0.0951 e. The molecule has 0 heterocycles. The second-order valence-corrected chi connectivity index (χ2v) is 8.63. The lowest BCUT2D eigenvalue weighted by molar-refractivity contribution is 0.296. The predicted octanol–water partition coefficient (Wildman–Crippen LogP) is 7.54. The Balaban J connectivity index is 1.61. The smallest absolute Gasteiger partial charge is 0.0206 e. The van der Waals surface area contributed by atoms with Gasteiger partial charge in [0, 0.05) is 11.8 Å². The average molecular weight is 353 g/mol. The Bertz CT molecular complexity index is 454. The molecule has 0 atom stereocenters.